The number of fused-ring (bicyclic) bond motifs is 1. The number of hydrogen-bond donors (Lipinski definition) is 0. The summed E-state index contributed by atoms with van der Waals surface area (Å²) in [7, 11) is 0. The maximum Gasteiger partial charge on any atom is 0.0642 e. The van der Waals surface area contributed by atoms with E-state index in [2.05, 4.69) is 34.9 Å². The fourth-order valence-electron chi connectivity index (χ4n) is 3.46. The van der Waals surface area contributed by atoms with E-state index in [0.29, 0.717) is 0 Å². The molecular weight excluding hydrogens is 256 g/mol. The van der Waals surface area contributed by atoms with Gasteiger partial charge < -0.3 is 4.90 Å². The van der Waals surface area contributed by atoms with Gasteiger partial charge in [-0.15, -0.1) is 0 Å². The second-order valence-corrected chi connectivity index (χ2v) is 6.35. The summed E-state index contributed by atoms with van der Waals surface area (Å²) in [5.74, 6) is 0. The van der Waals surface area contributed by atoms with Crippen LogP contribution in [-0.2, 0) is 0 Å². The standard InChI is InChI=1S/C16H23ClN2/c1-13-6-7-16(15(17)11-13)19-10-4-9-18-8-3-2-5-14(18)12-19/h6-7,11,14H,2-5,8-10,12H2,1H3. The van der Waals surface area contributed by atoms with Gasteiger partial charge in [-0.1, -0.05) is 24.1 Å². The minimum absolute atomic E-state index is 0.730. The predicted molar refractivity (Wildman–Crippen MR) is 82.2 cm³/mol. The number of aryl methyl sites for hydroxylation is 1. The topological polar surface area (TPSA) is 6.48 Å². The smallest absolute Gasteiger partial charge is 0.0642 e. The van der Waals surface area contributed by atoms with Crippen molar-refractivity contribution < 1.29 is 0 Å². The first-order valence-electron chi connectivity index (χ1n) is 7.49. The lowest BCUT2D eigenvalue weighted by Crippen LogP contribution is -2.44. The number of nitrogens with zero attached hydrogens (tertiary/aromatic N) is 2. The molecule has 3 heteroatoms. The van der Waals surface area contributed by atoms with E-state index in [-0.39, 0.29) is 0 Å². The summed E-state index contributed by atoms with van der Waals surface area (Å²) >= 11 is 6.44. The Kier molecular flexibility index (Phi) is 3.99. The van der Waals surface area contributed by atoms with E-state index >= 15 is 0 Å². The lowest BCUT2D eigenvalue weighted by Gasteiger charge is -2.36. The fraction of sp³-hybridized carbons (Fsp3) is 0.625. The second-order valence-electron chi connectivity index (χ2n) is 5.94. The number of hydrogen-bond acceptors (Lipinski definition) is 2. The third kappa shape index (κ3) is 2.90. The lowest BCUT2D eigenvalue weighted by atomic mass is 10.0. The van der Waals surface area contributed by atoms with Crippen molar-refractivity contribution in [3.63, 3.8) is 0 Å². The zero-order valence-corrected chi connectivity index (χ0v) is 12.5. The predicted octanol–water partition coefficient (Wildman–Crippen LogP) is 3.71. The van der Waals surface area contributed by atoms with Gasteiger partial charge in [0.15, 0.2) is 0 Å². The Bertz CT molecular complexity index is 446. The summed E-state index contributed by atoms with van der Waals surface area (Å²) in [6, 6.07) is 7.18. The maximum atomic E-state index is 6.44. The Hall–Kier alpha value is -0.730. The van der Waals surface area contributed by atoms with Crippen LogP contribution in [0.2, 0.25) is 5.02 Å². The minimum Gasteiger partial charge on any atom is -0.369 e. The molecule has 0 aliphatic carbocycles. The van der Waals surface area contributed by atoms with E-state index in [1.54, 1.807) is 0 Å². The Balaban J connectivity index is 1.80. The van der Waals surface area contributed by atoms with Crippen molar-refractivity contribution in [3.05, 3.63) is 28.8 Å². The molecule has 2 heterocycles. The number of anilines is 1. The molecule has 19 heavy (non-hydrogen) atoms. The lowest BCUT2D eigenvalue weighted by molar-refractivity contribution is 0.162. The molecule has 0 radical (unpaired) electrons. The molecule has 1 aromatic rings. The molecule has 2 saturated heterocycles. The van der Waals surface area contributed by atoms with Crippen LogP contribution in [0.5, 0.6) is 0 Å². The van der Waals surface area contributed by atoms with Gasteiger partial charge in [-0.2, -0.15) is 0 Å². The number of piperidine rings is 1. The summed E-state index contributed by atoms with van der Waals surface area (Å²) in [6.07, 6.45) is 5.36. The molecule has 3 rings (SSSR count). The van der Waals surface area contributed by atoms with Crippen LogP contribution in [0, 0.1) is 6.92 Å². The van der Waals surface area contributed by atoms with Gasteiger partial charge in [-0.25, -0.2) is 0 Å². The molecule has 0 spiro atoms. The van der Waals surface area contributed by atoms with Gasteiger partial charge in [0.05, 0.1) is 10.7 Å². The summed E-state index contributed by atoms with van der Waals surface area (Å²) in [5.41, 5.74) is 2.46. The largest absolute Gasteiger partial charge is 0.369 e. The average Bonchev–Trinajstić information content (AvgIpc) is 2.60. The molecule has 0 amide bonds. The molecule has 1 atom stereocenters. The van der Waals surface area contributed by atoms with Crippen molar-refractivity contribution in [1.29, 1.82) is 0 Å². The van der Waals surface area contributed by atoms with Gasteiger partial charge in [0.2, 0.25) is 0 Å². The SMILES string of the molecule is Cc1ccc(N2CCCN3CCCCC3C2)c(Cl)c1. The maximum absolute atomic E-state index is 6.44. The molecular formula is C16H23ClN2. The molecule has 104 valence electrons. The van der Waals surface area contributed by atoms with Crippen LogP contribution in [0.3, 0.4) is 0 Å². The van der Waals surface area contributed by atoms with E-state index in [1.165, 1.54) is 50.0 Å². The van der Waals surface area contributed by atoms with Gasteiger partial charge in [0.25, 0.3) is 0 Å². The van der Waals surface area contributed by atoms with Crippen LogP contribution in [-0.4, -0.2) is 37.1 Å². The quantitative estimate of drug-likeness (QED) is 0.773. The normalized spacial score (nSPS) is 24.9. The molecule has 2 aliphatic rings. The van der Waals surface area contributed by atoms with Gasteiger partial charge >= 0.3 is 0 Å². The minimum atomic E-state index is 0.730. The van der Waals surface area contributed by atoms with E-state index in [9.17, 15) is 0 Å². The Morgan fingerprint density at radius 3 is 2.79 bits per heavy atom. The first-order chi connectivity index (χ1) is 9.24. The van der Waals surface area contributed by atoms with Crippen LogP contribution in [0.15, 0.2) is 18.2 Å². The van der Waals surface area contributed by atoms with E-state index < -0.39 is 0 Å². The summed E-state index contributed by atoms with van der Waals surface area (Å²) in [4.78, 5) is 5.18. The van der Waals surface area contributed by atoms with Crippen LogP contribution < -0.4 is 4.90 Å². The molecule has 0 bridgehead atoms. The van der Waals surface area contributed by atoms with Crippen molar-refractivity contribution in [2.24, 2.45) is 0 Å². The molecule has 1 unspecified atom stereocenters. The zero-order valence-electron chi connectivity index (χ0n) is 11.7. The van der Waals surface area contributed by atoms with Crippen molar-refractivity contribution in [1.82, 2.24) is 4.90 Å². The van der Waals surface area contributed by atoms with Crippen molar-refractivity contribution in [2.45, 2.75) is 38.6 Å². The summed E-state index contributed by atoms with van der Waals surface area (Å²) < 4.78 is 0. The average molecular weight is 279 g/mol. The third-order valence-corrected chi connectivity index (χ3v) is 4.80. The van der Waals surface area contributed by atoms with E-state index in [4.69, 9.17) is 11.6 Å². The number of rotatable bonds is 1. The third-order valence-electron chi connectivity index (χ3n) is 4.50. The zero-order chi connectivity index (χ0) is 13.2. The molecule has 2 aliphatic heterocycles. The van der Waals surface area contributed by atoms with Gasteiger partial charge in [0.1, 0.15) is 0 Å². The van der Waals surface area contributed by atoms with Gasteiger partial charge in [0, 0.05) is 25.7 Å². The molecule has 0 saturated carbocycles. The van der Waals surface area contributed by atoms with Crippen LogP contribution >= 0.6 is 11.6 Å². The van der Waals surface area contributed by atoms with Crippen molar-refractivity contribution in [3.8, 4) is 0 Å². The molecule has 1 aromatic carbocycles. The Morgan fingerprint density at radius 1 is 1.11 bits per heavy atom. The van der Waals surface area contributed by atoms with Crippen LogP contribution in [0.4, 0.5) is 5.69 Å². The molecule has 2 nitrogen and oxygen atoms in total. The van der Waals surface area contributed by atoms with Crippen molar-refractivity contribution >= 4 is 17.3 Å². The highest BCUT2D eigenvalue weighted by atomic mass is 35.5. The molecule has 0 N–H and O–H groups in total. The number of halogens is 1. The van der Waals surface area contributed by atoms with Gasteiger partial charge in [-0.3, -0.25) is 4.90 Å². The highest BCUT2D eigenvalue weighted by Crippen LogP contribution is 2.30. The Labute approximate surface area is 121 Å². The van der Waals surface area contributed by atoms with Crippen LogP contribution in [0.1, 0.15) is 31.2 Å². The first kappa shape index (κ1) is 13.3. The highest BCUT2D eigenvalue weighted by Gasteiger charge is 2.27. The monoisotopic (exact) mass is 278 g/mol. The van der Waals surface area contributed by atoms with E-state index in [0.717, 1.165) is 24.2 Å². The fourth-order valence-corrected chi connectivity index (χ4v) is 3.81. The van der Waals surface area contributed by atoms with Gasteiger partial charge in [-0.05, 0) is 50.4 Å². The Morgan fingerprint density at radius 2 is 1.95 bits per heavy atom. The summed E-state index contributed by atoms with van der Waals surface area (Å²) in [5, 5.41) is 0.907. The van der Waals surface area contributed by atoms with E-state index in [1.807, 2.05) is 0 Å². The summed E-state index contributed by atoms with van der Waals surface area (Å²) in [6.45, 7) is 6.92. The van der Waals surface area contributed by atoms with Crippen molar-refractivity contribution in [2.75, 3.05) is 31.1 Å². The highest BCUT2D eigenvalue weighted by molar-refractivity contribution is 6.33. The molecule has 0 aromatic heterocycles. The second kappa shape index (κ2) is 5.72. The molecule has 2 fully saturated rings. The first-order valence-corrected chi connectivity index (χ1v) is 7.87. The van der Waals surface area contributed by atoms with Crippen LogP contribution in [0.25, 0.3) is 0 Å². The number of benzene rings is 1.